The lowest BCUT2D eigenvalue weighted by molar-refractivity contribution is 0.454. The second-order valence-electron chi connectivity index (χ2n) is 4.32. The molecule has 1 unspecified atom stereocenters. The van der Waals surface area contributed by atoms with Crippen LogP contribution in [0.3, 0.4) is 0 Å². The van der Waals surface area contributed by atoms with Crippen molar-refractivity contribution in [1.82, 2.24) is 14.3 Å². The van der Waals surface area contributed by atoms with Crippen molar-refractivity contribution in [2.75, 3.05) is 32.7 Å². The van der Waals surface area contributed by atoms with E-state index in [0.717, 1.165) is 32.4 Å². The summed E-state index contributed by atoms with van der Waals surface area (Å²) in [5.74, 6) is 0.461. The Morgan fingerprint density at radius 3 is 2.56 bits per heavy atom. The van der Waals surface area contributed by atoms with Gasteiger partial charge in [-0.15, -0.1) is 12.4 Å². The first-order valence-corrected chi connectivity index (χ1v) is 7.08. The molecule has 2 saturated heterocycles. The summed E-state index contributed by atoms with van der Waals surface area (Å²) in [5, 5.41) is 3.23. The minimum Gasteiger partial charge on any atom is -0.316 e. The van der Waals surface area contributed by atoms with Gasteiger partial charge in [-0.25, -0.2) is 4.72 Å². The Morgan fingerprint density at radius 1 is 1.31 bits per heavy atom. The van der Waals surface area contributed by atoms with E-state index in [-0.39, 0.29) is 12.4 Å². The molecule has 5 nitrogen and oxygen atoms in total. The van der Waals surface area contributed by atoms with Crippen LogP contribution in [0, 0.1) is 5.92 Å². The fourth-order valence-corrected chi connectivity index (χ4v) is 3.50. The van der Waals surface area contributed by atoms with Crippen LogP contribution in [0.4, 0.5) is 0 Å². The summed E-state index contributed by atoms with van der Waals surface area (Å²) in [6.45, 7) is 3.88. The highest BCUT2D eigenvalue weighted by Crippen LogP contribution is 2.12. The van der Waals surface area contributed by atoms with Crippen LogP contribution in [0.15, 0.2) is 0 Å². The molecule has 0 spiro atoms. The van der Waals surface area contributed by atoms with Crippen LogP contribution in [0.1, 0.15) is 19.3 Å². The van der Waals surface area contributed by atoms with Gasteiger partial charge in [0.25, 0.3) is 10.2 Å². The number of rotatable bonds is 4. The zero-order valence-corrected chi connectivity index (χ0v) is 10.9. The molecule has 2 fully saturated rings. The van der Waals surface area contributed by atoms with Gasteiger partial charge in [-0.2, -0.15) is 12.7 Å². The van der Waals surface area contributed by atoms with Gasteiger partial charge in [0.2, 0.25) is 0 Å². The van der Waals surface area contributed by atoms with Crippen molar-refractivity contribution < 1.29 is 8.42 Å². The van der Waals surface area contributed by atoms with Crippen molar-refractivity contribution in [2.45, 2.75) is 19.3 Å². The van der Waals surface area contributed by atoms with Gasteiger partial charge in [-0.05, 0) is 38.3 Å². The Balaban J connectivity index is 0.00000128. The highest BCUT2D eigenvalue weighted by atomic mass is 35.5. The molecule has 0 aromatic rings. The first-order chi connectivity index (χ1) is 7.18. The van der Waals surface area contributed by atoms with E-state index in [1.165, 1.54) is 0 Å². The van der Waals surface area contributed by atoms with Gasteiger partial charge in [0.05, 0.1) is 0 Å². The summed E-state index contributed by atoms with van der Waals surface area (Å²) < 4.78 is 27.8. The Kier molecular flexibility index (Phi) is 5.46. The third kappa shape index (κ3) is 3.56. The molecule has 0 aromatic heterocycles. The van der Waals surface area contributed by atoms with E-state index in [2.05, 4.69) is 10.0 Å². The number of hydrogen-bond donors (Lipinski definition) is 2. The summed E-state index contributed by atoms with van der Waals surface area (Å²) in [7, 11) is -3.19. The molecule has 0 bridgehead atoms. The van der Waals surface area contributed by atoms with Crippen LogP contribution in [0.25, 0.3) is 0 Å². The average Bonchev–Trinajstić information content (AvgIpc) is 2.88. The van der Waals surface area contributed by atoms with E-state index in [0.29, 0.717) is 25.6 Å². The Bertz CT molecular complexity index is 298. The Hall–Kier alpha value is 0.120. The quantitative estimate of drug-likeness (QED) is 0.752. The number of nitrogens with one attached hydrogen (secondary N) is 2. The van der Waals surface area contributed by atoms with Gasteiger partial charge < -0.3 is 5.32 Å². The van der Waals surface area contributed by atoms with Crippen molar-refractivity contribution in [3.8, 4) is 0 Å². The fourth-order valence-electron chi connectivity index (χ4n) is 2.13. The van der Waals surface area contributed by atoms with Crippen LogP contribution in [-0.4, -0.2) is 45.4 Å². The molecule has 7 heteroatoms. The van der Waals surface area contributed by atoms with Gasteiger partial charge in [0, 0.05) is 19.6 Å². The fraction of sp³-hybridized carbons (Fsp3) is 1.00. The van der Waals surface area contributed by atoms with E-state index < -0.39 is 10.2 Å². The highest BCUT2D eigenvalue weighted by molar-refractivity contribution is 7.87. The molecule has 1 atom stereocenters. The summed E-state index contributed by atoms with van der Waals surface area (Å²) in [6, 6.07) is 0. The van der Waals surface area contributed by atoms with E-state index in [1.54, 1.807) is 4.31 Å². The van der Waals surface area contributed by atoms with Crippen molar-refractivity contribution >= 4 is 22.6 Å². The molecule has 2 N–H and O–H groups in total. The van der Waals surface area contributed by atoms with Crippen LogP contribution in [0.5, 0.6) is 0 Å². The lowest BCUT2D eigenvalue weighted by Gasteiger charge is -2.17. The zero-order valence-electron chi connectivity index (χ0n) is 9.31. The smallest absolute Gasteiger partial charge is 0.279 e. The van der Waals surface area contributed by atoms with Crippen molar-refractivity contribution in [1.29, 1.82) is 0 Å². The van der Waals surface area contributed by atoms with Crippen LogP contribution >= 0.6 is 12.4 Å². The van der Waals surface area contributed by atoms with Gasteiger partial charge >= 0.3 is 0 Å². The maximum atomic E-state index is 11.8. The van der Waals surface area contributed by atoms with Crippen LogP contribution < -0.4 is 10.0 Å². The normalized spacial score (nSPS) is 26.9. The van der Waals surface area contributed by atoms with Gasteiger partial charge in [0.1, 0.15) is 0 Å². The average molecular weight is 270 g/mol. The van der Waals surface area contributed by atoms with Gasteiger partial charge in [-0.3, -0.25) is 0 Å². The molecule has 16 heavy (non-hydrogen) atoms. The number of hydrogen-bond acceptors (Lipinski definition) is 3. The molecule has 0 saturated carbocycles. The largest absolute Gasteiger partial charge is 0.316 e. The summed E-state index contributed by atoms with van der Waals surface area (Å²) in [5.41, 5.74) is 0. The molecular formula is C9H20ClN3O2S. The molecule has 0 aliphatic carbocycles. The standard InChI is InChI=1S/C9H19N3O2S.ClH/c13-15(14,12-5-1-2-6-12)11-8-9-3-4-10-7-9;/h9-11H,1-8H2;1H. The number of nitrogens with zero attached hydrogens (tertiary/aromatic N) is 1. The van der Waals surface area contributed by atoms with E-state index in [4.69, 9.17) is 0 Å². The van der Waals surface area contributed by atoms with Crippen molar-refractivity contribution in [3.63, 3.8) is 0 Å². The first kappa shape index (κ1) is 14.2. The zero-order chi connectivity index (χ0) is 10.7. The Labute approximate surface area is 104 Å². The van der Waals surface area contributed by atoms with E-state index >= 15 is 0 Å². The van der Waals surface area contributed by atoms with E-state index in [9.17, 15) is 8.42 Å². The maximum absolute atomic E-state index is 11.8. The summed E-state index contributed by atoms with van der Waals surface area (Å²) >= 11 is 0. The van der Waals surface area contributed by atoms with Crippen LogP contribution in [0.2, 0.25) is 0 Å². The lowest BCUT2D eigenvalue weighted by atomic mass is 10.1. The Morgan fingerprint density at radius 2 is 2.00 bits per heavy atom. The monoisotopic (exact) mass is 269 g/mol. The molecule has 2 heterocycles. The third-order valence-electron chi connectivity index (χ3n) is 3.12. The third-order valence-corrected chi connectivity index (χ3v) is 4.70. The SMILES string of the molecule is Cl.O=S(=O)(NCC1CCNC1)N1CCCC1. The minimum atomic E-state index is -3.19. The summed E-state index contributed by atoms with van der Waals surface area (Å²) in [4.78, 5) is 0. The van der Waals surface area contributed by atoms with Gasteiger partial charge in [0.15, 0.2) is 0 Å². The van der Waals surface area contributed by atoms with E-state index in [1.807, 2.05) is 0 Å². The second-order valence-corrected chi connectivity index (χ2v) is 6.07. The molecule has 2 rings (SSSR count). The topological polar surface area (TPSA) is 61.4 Å². The molecule has 96 valence electrons. The molecule has 2 aliphatic rings. The molecule has 2 aliphatic heterocycles. The molecule has 0 radical (unpaired) electrons. The minimum absolute atomic E-state index is 0. The highest BCUT2D eigenvalue weighted by Gasteiger charge is 2.26. The van der Waals surface area contributed by atoms with Crippen LogP contribution in [-0.2, 0) is 10.2 Å². The second kappa shape index (κ2) is 6.16. The predicted octanol–water partition coefficient (Wildman–Crippen LogP) is -0.0521. The molecule has 0 aromatic carbocycles. The maximum Gasteiger partial charge on any atom is 0.279 e. The molecule has 0 amide bonds. The lowest BCUT2D eigenvalue weighted by Crippen LogP contribution is -2.41. The first-order valence-electron chi connectivity index (χ1n) is 5.64. The predicted molar refractivity (Wildman–Crippen MR) is 66.0 cm³/mol. The van der Waals surface area contributed by atoms with Crippen molar-refractivity contribution in [3.05, 3.63) is 0 Å². The van der Waals surface area contributed by atoms with Gasteiger partial charge in [-0.1, -0.05) is 0 Å². The summed E-state index contributed by atoms with van der Waals surface area (Å²) in [6.07, 6.45) is 3.06. The molecular weight excluding hydrogens is 250 g/mol. The van der Waals surface area contributed by atoms with Crippen molar-refractivity contribution in [2.24, 2.45) is 5.92 Å². The number of halogens is 1.